The van der Waals surface area contributed by atoms with Crippen LogP contribution < -0.4 is 10.6 Å². The first-order chi connectivity index (χ1) is 10.0. The summed E-state index contributed by atoms with van der Waals surface area (Å²) < 4.78 is 1.53. The monoisotopic (exact) mass is 306 g/mol. The molecular weight excluding hydrogens is 292 g/mol. The molecule has 0 saturated carbocycles. The lowest BCUT2D eigenvalue weighted by Crippen LogP contribution is -2.23. The molecule has 0 radical (unpaired) electrons. The molecule has 3 rings (SSSR count). The van der Waals surface area contributed by atoms with Crippen molar-refractivity contribution in [2.24, 2.45) is 0 Å². The van der Waals surface area contributed by atoms with Gasteiger partial charge in [0.05, 0.1) is 5.69 Å². The van der Waals surface area contributed by atoms with Gasteiger partial charge in [-0.2, -0.15) is 0 Å². The molecule has 1 aromatic heterocycles. The van der Waals surface area contributed by atoms with E-state index in [2.05, 4.69) is 10.2 Å². The zero-order valence-electron chi connectivity index (χ0n) is 11.5. The average molecular weight is 306 g/mol. The molecule has 8 heteroatoms. The quantitative estimate of drug-likeness (QED) is 0.873. The molecule has 1 unspecified atom stereocenters. The molecule has 2 aromatic rings. The van der Waals surface area contributed by atoms with E-state index < -0.39 is 6.10 Å². The fourth-order valence-corrected chi connectivity index (χ4v) is 3.24. The molecule has 1 aromatic carbocycles. The molecule has 1 atom stereocenters. The molecule has 2 heterocycles. The van der Waals surface area contributed by atoms with Gasteiger partial charge in [0.2, 0.25) is 0 Å². The van der Waals surface area contributed by atoms with Crippen LogP contribution in [0.15, 0.2) is 33.0 Å². The Morgan fingerprint density at radius 1 is 1.43 bits per heavy atom. The van der Waals surface area contributed by atoms with Gasteiger partial charge in [-0.25, -0.2) is 9.89 Å². The molecule has 1 aliphatic rings. The maximum Gasteiger partial charge on any atom is 0.343 e. The minimum absolute atomic E-state index is 0.246. The predicted octanol–water partition coefficient (Wildman–Crippen LogP) is 0.752. The number of nitrogens with zero attached hydrogens (tertiary/aromatic N) is 3. The van der Waals surface area contributed by atoms with Crippen LogP contribution >= 0.6 is 11.8 Å². The summed E-state index contributed by atoms with van der Waals surface area (Å²) in [7, 11) is 1.63. The van der Waals surface area contributed by atoms with Crippen molar-refractivity contribution in [3.8, 4) is 0 Å². The number of nitrogens with one attached hydrogen (secondary N) is 1. The minimum atomic E-state index is -1.09. The summed E-state index contributed by atoms with van der Waals surface area (Å²) in [5.74, 6) is -0.336. The van der Waals surface area contributed by atoms with Crippen molar-refractivity contribution in [2.75, 3.05) is 11.9 Å². The standard InChI is InChI=1S/C13H14N4O3S/c1-3-17-12(20)14-15-13(17)21-7-4-5-8-9(6-7)16(2)11(19)10(8)18/h4-6,10,18H,3H2,1-2H3,(H,14,20). The van der Waals surface area contributed by atoms with Crippen LogP contribution in [0.1, 0.15) is 18.6 Å². The SMILES string of the molecule is CCn1c(Sc2ccc3c(c2)N(C)C(=O)C3O)n[nH]c1=O. The second kappa shape index (κ2) is 5.05. The normalized spacial score (nSPS) is 17.4. The van der Waals surface area contributed by atoms with Crippen molar-refractivity contribution < 1.29 is 9.90 Å². The average Bonchev–Trinajstić information content (AvgIpc) is 2.93. The van der Waals surface area contributed by atoms with E-state index in [-0.39, 0.29) is 11.6 Å². The number of aliphatic hydroxyl groups excluding tert-OH is 1. The number of H-pyrrole nitrogens is 1. The second-order valence-electron chi connectivity index (χ2n) is 4.68. The van der Waals surface area contributed by atoms with Crippen LogP contribution in [-0.2, 0) is 11.3 Å². The molecule has 0 saturated heterocycles. The number of rotatable bonds is 3. The Hall–Kier alpha value is -2.06. The lowest BCUT2D eigenvalue weighted by molar-refractivity contribution is -0.125. The molecule has 0 fully saturated rings. The summed E-state index contributed by atoms with van der Waals surface area (Å²) in [6.45, 7) is 2.40. The third-order valence-corrected chi connectivity index (χ3v) is 4.45. The minimum Gasteiger partial charge on any atom is -0.378 e. The lowest BCUT2D eigenvalue weighted by Gasteiger charge is -2.10. The molecule has 7 nitrogen and oxygen atoms in total. The highest BCUT2D eigenvalue weighted by atomic mass is 32.2. The number of fused-ring (bicyclic) bond motifs is 1. The largest absolute Gasteiger partial charge is 0.378 e. The van der Waals surface area contributed by atoms with Gasteiger partial charge >= 0.3 is 5.69 Å². The number of aromatic amines is 1. The van der Waals surface area contributed by atoms with Crippen molar-refractivity contribution in [1.82, 2.24) is 14.8 Å². The highest BCUT2D eigenvalue weighted by molar-refractivity contribution is 7.99. The van der Waals surface area contributed by atoms with Gasteiger partial charge < -0.3 is 10.0 Å². The van der Waals surface area contributed by atoms with E-state index in [9.17, 15) is 14.7 Å². The van der Waals surface area contributed by atoms with Gasteiger partial charge in [0.1, 0.15) is 0 Å². The van der Waals surface area contributed by atoms with Crippen LogP contribution in [0, 0.1) is 0 Å². The van der Waals surface area contributed by atoms with Crippen LogP contribution in [0.4, 0.5) is 5.69 Å². The van der Waals surface area contributed by atoms with Crippen LogP contribution in [-0.4, -0.2) is 32.8 Å². The summed E-state index contributed by atoms with van der Waals surface area (Å²) in [5.41, 5.74) is 1.03. The van der Waals surface area contributed by atoms with Gasteiger partial charge in [0, 0.05) is 24.1 Å². The molecule has 0 bridgehead atoms. The molecule has 21 heavy (non-hydrogen) atoms. The van der Waals surface area contributed by atoms with E-state index >= 15 is 0 Å². The molecule has 110 valence electrons. The maximum absolute atomic E-state index is 11.7. The van der Waals surface area contributed by atoms with E-state index in [4.69, 9.17) is 0 Å². The third kappa shape index (κ3) is 2.16. The number of anilines is 1. The fourth-order valence-electron chi connectivity index (χ4n) is 2.31. The molecule has 0 aliphatic carbocycles. The number of aromatic nitrogens is 3. The van der Waals surface area contributed by atoms with Crippen LogP contribution in [0.3, 0.4) is 0 Å². The smallest absolute Gasteiger partial charge is 0.343 e. The van der Waals surface area contributed by atoms with Crippen LogP contribution in [0.2, 0.25) is 0 Å². The van der Waals surface area contributed by atoms with Crippen molar-refractivity contribution >= 4 is 23.4 Å². The number of amides is 1. The molecule has 0 spiro atoms. The Balaban J connectivity index is 1.95. The summed E-state index contributed by atoms with van der Waals surface area (Å²) in [5, 5.41) is 16.8. The Kier molecular flexibility index (Phi) is 3.34. The Bertz CT molecular complexity index is 767. The first-order valence-electron chi connectivity index (χ1n) is 6.45. The number of likely N-dealkylation sites (N-methyl/N-ethyl adjacent to an activating group) is 1. The first-order valence-corrected chi connectivity index (χ1v) is 7.27. The Morgan fingerprint density at radius 2 is 2.19 bits per heavy atom. The van der Waals surface area contributed by atoms with Crippen molar-refractivity contribution in [1.29, 1.82) is 0 Å². The van der Waals surface area contributed by atoms with E-state index in [1.54, 1.807) is 19.2 Å². The number of aliphatic hydroxyl groups is 1. The number of carbonyl (C=O) groups is 1. The van der Waals surface area contributed by atoms with Gasteiger partial charge in [-0.05, 0) is 30.8 Å². The van der Waals surface area contributed by atoms with Crippen molar-refractivity contribution in [2.45, 2.75) is 29.6 Å². The third-order valence-electron chi connectivity index (χ3n) is 3.47. The van der Waals surface area contributed by atoms with E-state index in [0.717, 1.165) is 4.90 Å². The Labute approximate surface area is 124 Å². The van der Waals surface area contributed by atoms with E-state index in [0.29, 0.717) is 23.0 Å². The molecular formula is C13H14N4O3S. The zero-order valence-corrected chi connectivity index (χ0v) is 12.3. The topological polar surface area (TPSA) is 91.2 Å². The van der Waals surface area contributed by atoms with Gasteiger partial charge in [-0.15, -0.1) is 5.10 Å². The summed E-state index contributed by atoms with van der Waals surface area (Å²) in [6, 6.07) is 5.34. The van der Waals surface area contributed by atoms with Gasteiger partial charge in [-0.1, -0.05) is 6.07 Å². The lowest BCUT2D eigenvalue weighted by atomic mass is 10.1. The number of carbonyl (C=O) groups excluding carboxylic acids is 1. The fraction of sp³-hybridized carbons (Fsp3) is 0.308. The number of hydrogen-bond donors (Lipinski definition) is 2. The highest BCUT2D eigenvalue weighted by Gasteiger charge is 2.33. The van der Waals surface area contributed by atoms with E-state index in [1.807, 2.05) is 13.0 Å². The van der Waals surface area contributed by atoms with Gasteiger partial charge in [-0.3, -0.25) is 9.36 Å². The second-order valence-corrected chi connectivity index (χ2v) is 5.72. The predicted molar refractivity (Wildman–Crippen MR) is 77.5 cm³/mol. The Morgan fingerprint density at radius 3 is 2.90 bits per heavy atom. The van der Waals surface area contributed by atoms with Gasteiger partial charge in [0.25, 0.3) is 5.91 Å². The van der Waals surface area contributed by atoms with Crippen molar-refractivity contribution in [3.05, 3.63) is 34.2 Å². The summed E-state index contributed by atoms with van der Waals surface area (Å²) in [6.07, 6.45) is -1.09. The molecule has 2 N–H and O–H groups in total. The molecule has 1 aliphatic heterocycles. The van der Waals surface area contributed by atoms with E-state index in [1.165, 1.54) is 21.2 Å². The van der Waals surface area contributed by atoms with Gasteiger partial charge in [0.15, 0.2) is 11.3 Å². The van der Waals surface area contributed by atoms with Crippen LogP contribution in [0.5, 0.6) is 0 Å². The maximum atomic E-state index is 11.7. The summed E-state index contributed by atoms with van der Waals surface area (Å²) in [4.78, 5) is 25.5. The number of hydrogen-bond acceptors (Lipinski definition) is 5. The number of benzene rings is 1. The van der Waals surface area contributed by atoms with Crippen LogP contribution in [0.25, 0.3) is 0 Å². The zero-order chi connectivity index (χ0) is 15.1. The first kappa shape index (κ1) is 13.9. The summed E-state index contributed by atoms with van der Waals surface area (Å²) >= 11 is 1.33. The van der Waals surface area contributed by atoms with Crippen molar-refractivity contribution in [3.63, 3.8) is 0 Å². The highest BCUT2D eigenvalue weighted by Crippen LogP contribution is 2.38. The molecule has 1 amide bonds.